The second kappa shape index (κ2) is 11.4. The fourth-order valence-corrected chi connectivity index (χ4v) is 3.94. The molecule has 0 fully saturated rings. The molecule has 10 nitrogen and oxygen atoms in total. The standard InChI is InChI=1S/C24H20ClF6N7O3/c1-35(12-23(26,27)28)21(40)16-4-2-3-5-17(16)38-13-32-19(33-38)11-37-22(41)36(10-18(39)24(29,30)31)20(34-37)14-6-8-15(25)9-7-14/h2-9,13,18,39H,10-12H2,1H3. The van der Waals surface area contributed by atoms with E-state index in [0.29, 0.717) is 14.5 Å². The monoisotopic (exact) mass is 603 g/mol. The normalized spacial score (nSPS) is 12.9. The Bertz CT molecular complexity index is 1590. The molecule has 1 amide bonds. The molecule has 2 aromatic heterocycles. The van der Waals surface area contributed by atoms with Gasteiger partial charge in [0.2, 0.25) is 0 Å². The summed E-state index contributed by atoms with van der Waals surface area (Å²) in [6.07, 6.45) is -11.3. The molecule has 0 aliphatic heterocycles. The molecule has 0 saturated heterocycles. The van der Waals surface area contributed by atoms with Crippen molar-refractivity contribution in [2.24, 2.45) is 0 Å². The van der Waals surface area contributed by atoms with Crippen LogP contribution in [0.25, 0.3) is 17.1 Å². The van der Waals surface area contributed by atoms with E-state index in [4.69, 9.17) is 11.6 Å². The Morgan fingerprint density at radius 1 is 1.05 bits per heavy atom. The number of alkyl halides is 6. The molecule has 0 bridgehead atoms. The Labute approximate surface area is 232 Å². The van der Waals surface area contributed by atoms with Gasteiger partial charge in [0.05, 0.1) is 17.8 Å². The van der Waals surface area contributed by atoms with Crippen LogP contribution in [0.15, 0.2) is 59.7 Å². The van der Waals surface area contributed by atoms with E-state index in [1.165, 1.54) is 48.5 Å². The van der Waals surface area contributed by atoms with Crippen molar-refractivity contribution in [1.82, 2.24) is 34.0 Å². The number of benzene rings is 2. The molecule has 0 saturated carbocycles. The maximum atomic E-state index is 13.1. The van der Waals surface area contributed by atoms with Crippen LogP contribution in [0.4, 0.5) is 26.3 Å². The van der Waals surface area contributed by atoms with Crippen molar-refractivity contribution < 1.29 is 36.2 Å². The molecular weight excluding hydrogens is 584 g/mol. The van der Waals surface area contributed by atoms with Crippen molar-refractivity contribution in [3.63, 3.8) is 0 Å². The highest BCUT2D eigenvalue weighted by molar-refractivity contribution is 6.30. The van der Waals surface area contributed by atoms with Gasteiger partial charge in [-0.2, -0.15) is 26.3 Å². The van der Waals surface area contributed by atoms with Gasteiger partial charge >= 0.3 is 18.0 Å². The highest BCUT2D eigenvalue weighted by Crippen LogP contribution is 2.24. The molecule has 1 N–H and O–H groups in total. The minimum Gasteiger partial charge on any atom is -0.382 e. The third-order valence-electron chi connectivity index (χ3n) is 5.73. The van der Waals surface area contributed by atoms with Gasteiger partial charge in [0.1, 0.15) is 19.4 Å². The van der Waals surface area contributed by atoms with Gasteiger partial charge in [-0.25, -0.2) is 19.1 Å². The molecule has 4 aromatic rings. The Balaban J connectivity index is 1.66. The van der Waals surface area contributed by atoms with Crippen LogP contribution in [0.1, 0.15) is 16.2 Å². The zero-order valence-corrected chi connectivity index (χ0v) is 21.7. The number of aromatic nitrogens is 6. The molecule has 2 heterocycles. The number of hydrogen-bond acceptors (Lipinski definition) is 6. The smallest absolute Gasteiger partial charge is 0.382 e. The van der Waals surface area contributed by atoms with Gasteiger partial charge in [-0.05, 0) is 36.4 Å². The average Bonchev–Trinajstić information content (AvgIpc) is 3.47. The van der Waals surface area contributed by atoms with Gasteiger partial charge in [-0.3, -0.25) is 9.36 Å². The number of halogens is 7. The minimum absolute atomic E-state index is 0.0540. The Hall–Kier alpha value is -4.18. The van der Waals surface area contributed by atoms with Gasteiger partial charge < -0.3 is 10.0 Å². The summed E-state index contributed by atoms with van der Waals surface area (Å²) in [6.45, 7) is -3.04. The molecule has 4 rings (SSSR count). The third kappa shape index (κ3) is 6.94. The first-order valence-electron chi connectivity index (χ1n) is 11.6. The first-order chi connectivity index (χ1) is 19.1. The van der Waals surface area contributed by atoms with Crippen LogP contribution in [-0.2, 0) is 13.1 Å². The van der Waals surface area contributed by atoms with E-state index in [9.17, 15) is 41.0 Å². The lowest BCUT2D eigenvalue weighted by molar-refractivity contribution is -0.207. The maximum absolute atomic E-state index is 13.1. The highest BCUT2D eigenvalue weighted by Gasteiger charge is 2.39. The van der Waals surface area contributed by atoms with Crippen LogP contribution in [0.3, 0.4) is 0 Å². The van der Waals surface area contributed by atoms with E-state index >= 15 is 0 Å². The van der Waals surface area contributed by atoms with E-state index < -0.39 is 49.7 Å². The quantitative estimate of drug-likeness (QED) is 0.309. The number of carbonyl (C=O) groups excluding carboxylic acids is 1. The van der Waals surface area contributed by atoms with Crippen LogP contribution in [-0.4, -0.2) is 77.1 Å². The fourth-order valence-electron chi connectivity index (χ4n) is 3.82. The van der Waals surface area contributed by atoms with E-state index in [0.717, 1.165) is 22.7 Å². The Kier molecular flexibility index (Phi) is 8.26. The number of aliphatic hydroxyl groups is 1. The lowest BCUT2D eigenvalue weighted by atomic mass is 10.1. The molecule has 41 heavy (non-hydrogen) atoms. The second-order valence-electron chi connectivity index (χ2n) is 8.84. The molecule has 0 radical (unpaired) electrons. The second-order valence-corrected chi connectivity index (χ2v) is 9.27. The molecule has 218 valence electrons. The fraction of sp³-hybridized carbons (Fsp3) is 0.292. The molecule has 0 spiro atoms. The number of aliphatic hydroxyl groups excluding tert-OH is 1. The van der Waals surface area contributed by atoms with E-state index in [2.05, 4.69) is 15.2 Å². The number of hydrogen-bond donors (Lipinski definition) is 1. The summed E-state index contributed by atoms with van der Waals surface area (Å²) in [5.41, 5.74) is -0.769. The van der Waals surface area contributed by atoms with Crippen LogP contribution in [0.5, 0.6) is 0 Å². The van der Waals surface area contributed by atoms with E-state index in [-0.39, 0.29) is 28.5 Å². The van der Waals surface area contributed by atoms with Gasteiger partial charge in [0.25, 0.3) is 5.91 Å². The first-order valence-corrected chi connectivity index (χ1v) is 12.0. The van der Waals surface area contributed by atoms with Crippen molar-refractivity contribution >= 4 is 17.5 Å². The average molecular weight is 604 g/mol. The van der Waals surface area contributed by atoms with Crippen LogP contribution >= 0.6 is 11.6 Å². The van der Waals surface area contributed by atoms with Gasteiger partial charge in [0, 0.05) is 17.6 Å². The van der Waals surface area contributed by atoms with Crippen molar-refractivity contribution in [2.45, 2.75) is 31.5 Å². The van der Waals surface area contributed by atoms with E-state index in [1.807, 2.05) is 0 Å². The first kappa shape index (κ1) is 29.8. The summed E-state index contributed by atoms with van der Waals surface area (Å²) in [7, 11) is 0.996. The SMILES string of the molecule is CN(CC(F)(F)F)C(=O)c1ccccc1-n1cnc(Cn2nc(-c3ccc(Cl)cc3)n(CC(O)C(F)(F)F)c2=O)n1. The van der Waals surface area contributed by atoms with Crippen molar-refractivity contribution in [3.8, 4) is 17.1 Å². The lowest BCUT2D eigenvalue weighted by Gasteiger charge is -2.20. The van der Waals surface area contributed by atoms with Gasteiger partial charge in [-0.15, -0.1) is 10.2 Å². The molecule has 0 aliphatic carbocycles. The molecule has 1 unspecified atom stereocenters. The van der Waals surface area contributed by atoms with Gasteiger partial charge in [0.15, 0.2) is 17.8 Å². The number of rotatable bonds is 8. The highest BCUT2D eigenvalue weighted by atomic mass is 35.5. The minimum atomic E-state index is -5.00. The maximum Gasteiger partial charge on any atom is 0.416 e. The van der Waals surface area contributed by atoms with Crippen LogP contribution in [0.2, 0.25) is 5.02 Å². The summed E-state index contributed by atoms with van der Waals surface area (Å²) >= 11 is 5.88. The lowest BCUT2D eigenvalue weighted by Crippen LogP contribution is -2.37. The van der Waals surface area contributed by atoms with Crippen LogP contribution in [0, 0.1) is 0 Å². The Morgan fingerprint density at radius 2 is 1.71 bits per heavy atom. The molecule has 2 aromatic carbocycles. The largest absolute Gasteiger partial charge is 0.416 e. The zero-order chi connectivity index (χ0) is 30.1. The summed E-state index contributed by atoms with van der Waals surface area (Å²) in [4.78, 5) is 30.3. The molecule has 1 atom stereocenters. The molecule has 0 aliphatic rings. The number of para-hydroxylation sites is 1. The number of carbonyl (C=O) groups is 1. The molecule has 17 heteroatoms. The topological polar surface area (TPSA) is 111 Å². The van der Waals surface area contributed by atoms with Crippen molar-refractivity contribution in [2.75, 3.05) is 13.6 Å². The Morgan fingerprint density at radius 3 is 2.34 bits per heavy atom. The number of nitrogens with zero attached hydrogens (tertiary/aromatic N) is 7. The summed E-state index contributed by atoms with van der Waals surface area (Å²) in [5.74, 6) is -1.17. The summed E-state index contributed by atoms with van der Waals surface area (Å²) in [6, 6.07) is 11.5. The summed E-state index contributed by atoms with van der Waals surface area (Å²) < 4.78 is 80.2. The molecular formula is C24H20ClF6N7O3. The predicted octanol–water partition coefficient (Wildman–Crippen LogP) is 3.55. The zero-order valence-electron chi connectivity index (χ0n) is 20.9. The van der Waals surface area contributed by atoms with Gasteiger partial charge in [-0.1, -0.05) is 23.7 Å². The number of amides is 1. The van der Waals surface area contributed by atoms with Crippen molar-refractivity contribution in [1.29, 1.82) is 0 Å². The summed E-state index contributed by atoms with van der Waals surface area (Å²) in [5, 5.41) is 18.2. The van der Waals surface area contributed by atoms with Crippen LogP contribution < -0.4 is 5.69 Å². The predicted molar refractivity (Wildman–Crippen MR) is 132 cm³/mol. The third-order valence-corrected chi connectivity index (χ3v) is 5.99. The van der Waals surface area contributed by atoms with Crippen molar-refractivity contribution in [3.05, 3.63) is 81.8 Å². The van der Waals surface area contributed by atoms with E-state index in [1.54, 1.807) is 0 Å².